The van der Waals surface area contributed by atoms with Crippen LogP contribution in [0.5, 0.6) is 0 Å². The van der Waals surface area contributed by atoms with E-state index in [9.17, 15) is 0 Å². The lowest BCUT2D eigenvalue weighted by atomic mass is 10.3. The first kappa shape index (κ1) is 8.40. The number of nitrogen functional groups attached to an aromatic ring is 1. The van der Waals surface area contributed by atoms with Gasteiger partial charge < -0.3 is 5.73 Å². The largest absolute Gasteiger partial charge is 0.383 e. The van der Waals surface area contributed by atoms with E-state index in [4.69, 9.17) is 17.3 Å². The molecule has 0 saturated heterocycles. The van der Waals surface area contributed by atoms with Gasteiger partial charge >= 0.3 is 0 Å². The van der Waals surface area contributed by atoms with Gasteiger partial charge in [-0.2, -0.15) is 5.10 Å². The van der Waals surface area contributed by atoms with Gasteiger partial charge in [0.05, 0.1) is 12.2 Å². The second kappa shape index (κ2) is 3.13. The molecule has 0 spiro atoms. The Bertz CT molecular complexity index is 244. The fourth-order valence-corrected chi connectivity index (χ4v) is 1.01. The van der Waals surface area contributed by atoms with Crippen molar-refractivity contribution in [2.45, 2.75) is 26.3 Å². The molecule has 0 fully saturated rings. The molecule has 0 aliphatic rings. The number of hydrogen-bond acceptors (Lipinski definition) is 2. The van der Waals surface area contributed by atoms with Gasteiger partial charge in [-0.1, -0.05) is 18.5 Å². The molecule has 62 valence electrons. The zero-order valence-corrected chi connectivity index (χ0v) is 7.47. The number of nitrogens with two attached hydrogens (primary N) is 1. The van der Waals surface area contributed by atoms with E-state index in [0.717, 1.165) is 6.42 Å². The fourth-order valence-electron chi connectivity index (χ4n) is 0.875. The summed E-state index contributed by atoms with van der Waals surface area (Å²) < 4.78 is 1.74. The van der Waals surface area contributed by atoms with E-state index in [1.165, 1.54) is 0 Å². The summed E-state index contributed by atoms with van der Waals surface area (Å²) in [5.41, 5.74) is 5.65. The van der Waals surface area contributed by atoms with Crippen molar-refractivity contribution in [3.05, 3.63) is 11.2 Å². The van der Waals surface area contributed by atoms with Crippen LogP contribution in [0.25, 0.3) is 0 Å². The Morgan fingerprint density at radius 1 is 1.82 bits per heavy atom. The number of rotatable bonds is 2. The Morgan fingerprint density at radius 3 is 2.82 bits per heavy atom. The summed E-state index contributed by atoms with van der Waals surface area (Å²) in [6.45, 7) is 4.14. The molecule has 3 nitrogen and oxygen atoms in total. The van der Waals surface area contributed by atoms with Crippen LogP contribution in [0.1, 0.15) is 26.3 Å². The maximum Gasteiger partial charge on any atom is 0.140 e. The van der Waals surface area contributed by atoms with Crippen LogP contribution in [0.4, 0.5) is 5.82 Å². The van der Waals surface area contributed by atoms with Gasteiger partial charge in [0.2, 0.25) is 0 Å². The maximum absolute atomic E-state index is 5.72. The summed E-state index contributed by atoms with van der Waals surface area (Å²) in [6.07, 6.45) is 2.57. The van der Waals surface area contributed by atoms with E-state index in [2.05, 4.69) is 18.9 Å². The van der Waals surface area contributed by atoms with Crippen LogP contribution in [0.2, 0.25) is 5.02 Å². The average Bonchev–Trinajstić information content (AvgIpc) is 2.32. The molecule has 0 aliphatic carbocycles. The lowest BCUT2D eigenvalue weighted by Crippen LogP contribution is -2.08. The highest BCUT2D eigenvalue weighted by Crippen LogP contribution is 2.21. The van der Waals surface area contributed by atoms with Crippen molar-refractivity contribution in [3.8, 4) is 0 Å². The first-order valence-electron chi connectivity index (χ1n) is 3.65. The molecule has 0 radical (unpaired) electrons. The molecule has 0 saturated carbocycles. The van der Waals surface area contributed by atoms with Crippen molar-refractivity contribution in [2.24, 2.45) is 0 Å². The van der Waals surface area contributed by atoms with Gasteiger partial charge in [0.15, 0.2) is 0 Å². The number of anilines is 1. The van der Waals surface area contributed by atoms with Crippen molar-refractivity contribution in [3.63, 3.8) is 0 Å². The van der Waals surface area contributed by atoms with Crippen molar-refractivity contribution >= 4 is 17.4 Å². The Morgan fingerprint density at radius 2 is 2.45 bits per heavy atom. The standard InChI is InChI=1S/C7H12ClN3/c1-3-5(2)11-7(9)6(8)4-10-11/h4-5H,3,9H2,1-2H3. The predicted molar refractivity (Wildman–Crippen MR) is 46.7 cm³/mol. The summed E-state index contributed by atoms with van der Waals surface area (Å²) in [4.78, 5) is 0. The first-order chi connectivity index (χ1) is 5.16. The number of aromatic nitrogens is 2. The Hall–Kier alpha value is -0.700. The molecule has 0 amide bonds. The number of nitrogens with zero attached hydrogens (tertiary/aromatic N) is 2. The quantitative estimate of drug-likeness (QED) is 0.745. The van der Waals surface area contributed by atoms with Crippen LogP contribution in [-0.2, 0) is 0 Å². The van der Waals surface area contributed by atoms with E-state index in [0.29, 0.717) is 16.9 Å². The van der Waals surface area contributed by atoms with E-state index in [1.807, 2.05) is 0 Å². The van der Waals surface area contributed by atoms with E-state index in [1.54, 1.807) is 10.9 Å². The van der Waals surface area contributed by atoms with Gasteiger partial charge in [0, 0.05) is 0 Å². The van der Waals surface area contributed by atoms with Gasteiger partial charge in [0.25, 0.3) is 0 Å². The summed E-state index contributed by atoms with van der Waals surface area (Å²) >= 11 is 5.72. The Balaban J connectivity index is 2.94. The van der Waals surface area contributed by atoms with Crippen LogP contribution >= 0.6 is 11.6 Å². The molecular formula is C7H12ClN3. The molecule has 1 heterocycles. The molecule has 1 unspecified atom stereocenters. The van der Waals surface area contributed by atoms with Crippen LogP contribution in [0.3, 0.4) is 0 Å². The van der Waals surface area contributed by atoms with Gasteiger partial charge in [-0.15, -0.1) is 0 Å². The van der Waals surface area contributed by atoms with Gasteiger partial charge in [0.1, 0.15) is 10.8 Å². The highest BCUT2D eigenvalue weighted by molar-refractivity contribution is 6.32. The monoisotopic (exact) mass is 173 g/mol. The Kier molecular flexibility index (Phi) is 2.39. The SMILES string of the molecule is CCC(C)n1ncc(Cl)c1N. The topological polar surface area (TPSA) is 43.8 Å². The molecule has 4 heteroatoms. The van der Waals surface area contributed by atoms with E-state index >= 15 is 0 Å². The van der Waals surface area contributed by atoms with Gasteiger partial charge in [-0.25, -0.2) is 4.68 Å². The zero-order valence-electron chi connectivity index (χ0n) is 6.71. The summed E-state index contributed by atoms with van der Waals surface area (Å²) in [5.74, 6) is 0.556. The van der Waals surface area contributed by atoms with Gasteiger partial charge in [-0.05, 0) is 13.3 Å². The van der Waals surface area contributed by atoms with Crippen LogP contribution < -0.4 is 5.73 Å². The molecular weight excluding hydrogens is 162 g/mol. The van der Waals surface area contributed by atoms with Crippen LogP contribution in [-0.4, -0.2) is 9.78 Å². The van der Waals surface area contributed by atoms with Crippen molar-refractivity contribution in [1.82, 2.24) is 9.78 Å². The van der Waals surface area contributed by atoms with E-state index in [-0.39, 0.29) is 0 Å². The molecule has 0 aromatic carbocycles. The highest BCUT2D eigenvalue weighted by Gasteiger charge is 2.08. The minimum atomic E-state index is 0.322. The predicted octanol–water partition coefficient (Wildman–Crippen LogP) is 2.09. The second-order valence-corrected chi connectivity index (χ2v) is 2.99. The molecule has 2 N–H and O–H groups in total. The lowest BCUT2D eigenvalue weighted by Gasteiger charge is -2.10. The smallest absolute Gasteiger partial charge is 0.140 e. The third-order valence-corrected chi connectivity index (χ3v) is 2.09. The number of hydrogen-bond donors (Lipinski definition) is 1. The molecule has 1 atom stereocenters. The first-order valence-corrected chi connectivity index (χ1v) is 4.03. The minimum Gasteiger partial charge on any atom is -0.383 e. The molecule has 1 aromatic rings. The normalized spacial score (nSPS) is 13.4. The number of halogens is 1. The Labute approximate surface area is 71.1 Å². The highest BCUT2D eigenvalue weighted by atomic mass is 35.5. The lowest BCUT2D eigenvalue weighted by molar-refractivity contribution is 0.485. The molecule has 0 bridgehead atoms. The third kappa shape index (κ3) is 1.48. The molecule has 11 heavy (non-hydrogen) atoms. The maximum atomic E-state index is 5.72. The zero-order chi connectivity index (χ0) is 8.43. The van der Waals surface area contributed by atoms with Crippen molar-refractivity contribution in [2.75, 3.05) is 5.73 Å². The third-order valence-electron chi connectivity index (χ3n) is 1.80. The summed E-state index contributed by atoms with van der Waals surface area (Å²) in [5, 5.41) is 4.58. The van der Waals surface area contributed by atoms with Crippen LogP contribution in [0, 0.1) is 0 Å². The molecule has 0 aliphatic heterocycles. The van der Waals surface area contributed by atoms with Gasteiger partial charge in [-0.3, -0.25) is 0 Å². The van der Waals surface area contributed by atoms with Crippen molar-refractivity contribution < 1.29 is 0 Å². The fraction of sp³-hybridized carbons (Fsp3) is 0.571. The summed E-state index contributed by atoms with van der Waals surface area (Å²) in [6, 6.07) is 0.322. The average molecular weight is 174 g/mol. The minimum absolute atomic E-state index is 0.322. The van der Waals surface area contributed by atoms with Crippen molar-refractivity contribution in [1.29, 1.82) is 0 Å². The molecule has 1 aromatic heterocycles. The van der Waals surface area contributed by atoms with E-state index < -0.39 is 0 Å². The van der Waals surface area contributed by atoms with Crippen LogP contribution in [0.15, 0.2) is 6.20 Å². The molecule has 1 rings (SSSR count). The second-order valence-electron chi connectivity index (χ2n) is 2.58. The summed E-state index contributed by atoms with van der Waals surface area (Å²) in [7, 11) is 0.